The van der Waals surface area contributed by atoms with E-state index in [1.54, 1.807) is 21.6 Å². The Balaban J connectivity index is 1.31. The molecule has 0 saturated carbocycles. The summed E-state index contributed by atoms with van der Waals surface area (Å²) in [5.74, 6) is -0.122. The number of aromatic nitrogens is 4. The Bertz CT molecular complexity index is 1410. The normalized spacial score (nSPS) is 15.1. The number of halogens is 1. The van der Waals surface area contributed by atoms with E-state index in [1.807, 2.05) is 30.3 Å². The number of likely N-dealkylation sites (tertiary alicyclic amines) is 1. The van der Waals surface area contributed by atoms with Crippen molar-refractivity contribution in [1.29, 1.82) is 0 Å². The minimum absolute atomic E-state index is 0.0371. The second kappa shape index (κ2) is 7.81. The maximum Gasteiger partial charge on any atom is 0.326 e. The van der Waals surface area contributed by atoms with Crippen LogP contribution in [0, 0.1) is 0 Å². The topological polar surface area (TPSA) is 93.0 Å². The highest BCUT2D eigenvalue weighted by Crippen LogP contribution is 2.25. The third-order valence-corrected chi connectivity index (χ3v) is 6.39. The van der Waals surface area contributed by atoms with Crippen LogP contribution in [0.5, 0.6) is 0 Å². The predicted molar refractivity (Wildman–Crippen MR) is 121 cm³/mol. The van der Waals surface area contributed by atoms with Crippen LogP contribution in [-0.2, 0) is 11.3 Å². The van der Waals surface area contributed by atoms with Crippen molar-refractivity contribution in [3.63, 3.8) is 0 Å². The number of amides is 1. The van der Waals surface area contributed by atoms with Gasteiger partial charge in [-0.25, -0.2) is 9.78 Å². The van der Waals surface area contributed by atoms with E-state index in [0.717, 1.165) is 15.5 Å². The van der Waals surface area contributed by atoms with Gasteiger partial charge < -0.3 is 9.88 Å². The molecule has 0 atom stereocenters. The number of H-pyrrole nitrogens is 1. The molecule has 0 radical (unpaired) electrons. The van der Waals surface area contributed by atoms with Crippen LogP contribution in [0.3, 0.4) is 0 Å². The summed E-state index contributed by atoms with van der Waals surface area (Å²) in [5, 5.41) is 0.474. The number of nitrogens with zero attached hydrogens (tertiary/aromatic N) is 4. The number of para-hydroxylation sites is 2. The SMILES string of the molecule is O=C(Cn1cnc2ccc(Br)cc2c1=O)N1CCC(n2c(=O)[nH]c3ccccc32)CC1. The number of piperidine rings is 1. The third-order valence-electron chi connectivity index (χ3n) is 5.90. The number of nitrogens with one attached hydrogen (secondary N) is 1. The fraction of sp³-hybridized carbons (Fsp3) is 0.273. The summed E-state index contributed by atoms with van der Waals surface area (Å²) in [5.41, 5.74) is 1.95. The van der Waals surface area contributed by atoms with Crippen molar-refractivity contribution >= 4 is 43.8 Å². The van der Waals surface area contributed by atoms with Crippen LogP contribution < -0.4 is 11.2 Å². The van der Waals surface area contributed by atoms with Crippen molar-refractivity contribution in [3.8, 4) is 0 Å². The van der Waals surface area contributed by atoms with Crippen LogP contribution >= 0.6 is 15.9 Å². The van der Waals surface area contributed by atoms with Gasteiger partial charge in [-0.1, -0.05) is 28.1 Å². The first kappa shape index (κ1) is 19.7. The number of hydrogen-bond acceptors (Lipinski definition) is 4. The van der Waals surface area contributed by atoms with Gasteiger partial charge in [-0.3, -0.25) is 18.7 Å². The summed E-state index contributed by atoms with van der Waals surface area (Å²) in [7, 11) is 0. The molecule has 1 aliphatic heterocycles. The molecule has 1 saturated heterocycles. The monoisotopic (exact) mass is 481 g/mol. The van der Waals surface area contributed by atoms with E-state index in [-0.39, 0.29) is 29.7 Å². The zero-order valence-electron chi connectivity index (χ0n) is 16.6. The Morgan fingerprint density at radius 3 is 2.71 bits per heavy atom. The second-order valence-corrected chi connectivity index (χ2v) is 8.68. The Hall–Kier alpha value is -3.20. The Labute approximate surface area is 185 Å². The molecule has 1 N–H and O–H groups in total. The lowest BCUT2D eigenvalue weighted by Gasteiger charge is -2.32. The van der Waals surface area contributed by atoms with E-state index >= 15 is 0 Å². The first-order valence-electron chi connectivity index (χ1n) is 10.1. The molecule has 3 heterocycles. The molecule has 158 valence electrons. The summed E-state index contributed by atoms with van der Waals surface area (Å²) in [6, 6.07) is 13.0. The van der Waals surface area contributed by atoms with Gasteiger partial charge in [-0.05, 0) is 43.2 Å². The summed E-state index contributed by atoms with van der Waals surface area (Å²) in [6.07, 6.45) is 2.80. The molecule has 8 nitrogen and oxygen atoms in total. The van der Waals surface area contributed by atoms with Crippen molar-refractivity contribution in [2.45, 2.75) is 25.4 Å². The highest BCUT2D eigenvalue weighted by atomic mass is 79.9. The lowest BCUT2D eigenvalue weighted by Crippen LogP contribution is -2.43. The summed E-state index contributed by atoms with van der Waals surface area (Å²) in [4.78, 5) is 47.0. The largest absolute Gasteiger partial charge is 0.341 e. The minimum atomic E-state index is -0.236. The number of fused-ring (bicyclic) bond motifs is 2. The van der Waals surface area contributed by atoms with Crippen LogP contribution in [0.2, 0.25) is 0 Å². The quantitative estimate of drug-likeness (QED) is 0.486. The molecular formula is C22H20BrN5O3. The molecule has 31 heavy (non-hydrogen) atoms. The van der Waals surface area contributed by atoms with Gasteiger partial charge in [0, 0.05) is 23.6 Å². The predicted octanol–water partition coefficient (Wildman–Crippen LogP) is 2.67. The second-order valence-electron chi connectivity index (χ2n) is 7.77. The van der Waals surface area contributed by atoms with E-state index in [9.17, 15) is 14.4 Å². The summed E-state index contributed by atoms with van der Waals surface area (Å²) < 4.78 is 3.94. The highest BCUT2D eigenvalue weighted by molar-refractivity contribution is 9.10. The van der Waals surface area contributed by atoms with Crippen LogP contribution in [0.4, 0.5) is 0 Å². The number of rotatable bonds is 3. The lowest BCUT2D eigenvalue weighted by atomic mass is 10.0. The van der Waals surface area contributed by atoms with Gasteiger partial charge in [0.05, 0.1) is 28.3 Å². The number of carbonyl (C=O) groups excluding carboxylic acids is 1. The van der Waals surface area contributed by atoms with Gasteiger partial charge in [-0.2, -0.15) is 0 Å². The molecule has 1 fully saturated rings. The van der Waals surface area contributed by atoms with Crippen molar-refractivity contribution in [2.75, 3.05) is 13.1 Å². The zero-order chi connectivity index (χ0) is 21.5. The molecule has 0 aliphatic carbocycles. The fourth-order valence-corrected chi connectivity index (χ4v) is 4.66. The first-order valence-corrected chi connectivity index (χ1v) is 10.9. The molecule has 1 aliphatic rings. The number of imidazole rings is 1. The van der Waals surface area contributed by atoms with Crippen LogP contribution in [0.25, 0.3) is 21.9 Å². The Morgan fingerprint density at radius 2 is 1.90 bits per heavy atom. The standard InChI is InChI=1S/C22H20BrN5O3/c23-14-5-6-17-16(11-14)21(30)27(13-24-17)12-20(29)26-9-7-15(8-10-26)28-19-4-2-1-3-18(19)25-22(28)31/h1-6,11,13,15H,7-10,12H2,(H,25,31). The first-order chi connectivity index (χ1) is 15.0. The highest BCUT2D eigenvalue weighted by Gasteiger charge is 2.26. The number of carbonyl (C=O) groups is 1. The molecule has 0 unspecified atom stereocenters. The molecule has 4 aromatic rings. The molecule has 2 aromatic carbocycles. The van der Waals surface area contributed by atoms with E-state index < -0.39 is 0 Å². The van der Waals surface area contributed by atoms with Crippen molar-refractivity contribution < 1.29 is 4.79 Å². The van der Waals surface area contributed by atoms with Gasteiger partial charge in [0.15, 0.2) is 0 Å². The van der Waals surface area contributed by atoms with Gasteiger partial charge >= 0.3 is 5.69 Å². The maximum atomic E-state index is 12.8. The number of hydrogen-bond donors (Lipinski definition) is 1. The van der Waals surface area contributed by atoms with Crippen LogP contribution in [-0.4, -0.2) is 43.0 Å². The van der Waals surface area contributed by atoms with E-state index in [4.69, 9.17) is 0 Å². The zero-order valence-corrected chi connectivity index (χ0v) is 18.2. The Kier molecular flexibility index (Phi) is 4.97. The molecule has 2 aromatic heterocycles. The fourth-order valence-electron chi connectivity index (χ4n) is 4.30. The van der Waals surface area contributed by atoms with E-state index in [0.29, 0.717) is 36.8 Å². The molecular weight excluding hydrogens is 462 g/mol. The van der Waals surface area contributed by atoms with Crippen molar-refractivity contribution in [1.82, 2.24) is 24.0 Å². The lowest BCUT2D eigenvalue weighted by molar-refractivity contribution is -0.133. The van der Waals surface area contributed by atoms with Crippen LogP contribution in [0.15, 0.2) is 62.9 Å². The van der Waals surface area contributed by atoms with Gasteiger partial charge in [0.25, 0.3) is 5.56 Å². The smallest absolute Gasteiger partial charge is 0.326 e. The van der Waals surface area contributed by atoms with Crippen LogP contribution in [0.1, 0.15) is 18.9 Å². The number of benzene rings is 2. The molecule has 0 bridgehead atoms. The maximum absolute atomic E-state index is 12.8. The van der Waals surface area contributed by atoms with E-state index in [2.05, 4.69) is 25.9 Å². The van der Waals surface area contributed by atoms with E-state index in [1.165, 1.54) is 10.9 Å². The molecule has 0 spiro atoms. The minimum Gasteiger partial charge on any atom is -0.341 e. The van der Waals surface area contributed by atoms with Gasteiger partial charge in [0.1, 0.15) is 6.54 Å². The van der Waals surface area contributed by atoms with Crippen molar-refractivity contribution in [2.24, 2.45) is 0 Å². The van der Waals surface area contributed by atoms with Gasteiger partial charge in [0.2, 0.25) is 5.91 Å². The third kappa shape index (κ3) is 3.59. The summed E-state index contributed by atoms with van der Waals surface area (Å²) >= 11 is 3.37. The van der Waals surface area contributed by atoms with Crippen molar-refractivity contribution in [3.05, 3.63) is 74.1 Å². The average molecular weight is 482 g/mol. The molecule has 9 heteroatoms. The summed E-state index contributed by atoms with van der Waals surface area (Å²) in [6.45, 7) is 1.03. The Morgan fingerprint density at radius 1 is 1.13 bits per heavy atom. The molecule has 5 rings (SSSR count). The number of aromatic amines is 1. The molecule has 1 amide bonds. The average Bonchev–Trinajstić information content (AvgIpc) is 3.12. The van der Waals surface area contributed by atoms with Gasteiger partial charge in [-0.15, -0.1) is 0 Å².